The Morgan fingerprint density at radius 2 is 1.93 bits per heavy atom. The average molecular weight is 409 g/mol. The SMILES string of the molecule is CC1CCC(F)C2CC(C(=O)N[C@@H]3CCC[C@@H](N4CCN(C)C(=O)C4C)C3)NC12. The molecule has 7 heteroatoms. The summed E-state index contributed by atoms with van der Waals surface area (Å²) in [6.45, 7) is 5.84. The summed E-state index contributed by atoms with van der Waals surface area (Å²) in [5.74, 6) is 0.632. The summed E-state index contributed by atoms with van der Waals surface area (Å²) in [5.41, 5.74) is 0. The molecule has 164 valence electrons. The van der Waals surface area contributed by atoms with Crippen molar-refractivity contribution in [3.05, 3.63) is 0 Å². The molecule has 2 N–H and O–H groups in total. The van der Waals surface area contributed by atoms with Crippen LogP contribution < -0.4 is 10.6 Å². The van der Waals surface area contributed by atoms with Gasteiger partial charge in [-0.3, -0.25) is 14.5 Å². The third-order valence-corrected chi connectivity index (χ3v) is 8.04. The van der Waals surface area contributed by atoms with E-state index < -0.39 is 6.17 Å². The first-order chi connectivity index (χ1) is 13.8. The van der Waals surface area contributed by atoms with E-state index in [-0.39, 0.29) is 41.9 Å². The Morgan fingerprint density at radius 1 is 1.14 bits per heavy atom. The lowest BCUT2D eigenvalue weighted by Crippen LogP contribution is -2.59. The first-order valence-corrected chi connectivity index (χ1v) is 11.6. The van der Waals surface area contributed by atoms with Gasteiger partial charge in [0.15, 0.2) is 0 Å². The smallest absolute Gasteiger partial charge is 0.239 e. The number of likely N-dealkylation sites (N-methyl/N-ethyl adjacent to an activating group) is 1. The minimum Gasteiger partial charge on any atom is -0.352 e. The summed E-state index contributed by atoms with van der Waals surface area (Å²) in [7, 11) is 1.87. The Labute approximate surface area is 173 Å². The monoisotopic (exact) mass is 408 g/mol. The van der Waals surface area contributed by atoms with Crippen LogP contribution in [0.2, 0.25) is 0 Å². The number of nitrogens with zero attached hydrogens (tertiary/aromatic N) is 2. The van der Waals surface area contributed by atoms with Gasteiger partial charge < -0.3 is 15.5 Å². The van der Waals surface area contributed by atoms with Gasteiger partial charge in [-0.25, -0.2) is 4.39 Å². The summed E-state index contributed by atoms with van der Waals surface area (Å²) in [6, 6.07) is 0.261. The van der Waals surface area contributed by atoms with Crippen LogP contribution in [-0.4, -0.2) is 78.1 Å². The standard InChI is InChI=1S/C22H37FN4O2/c1-13-7-8-18(23)17-12-19(25-20(13)17)21(28)24-15-5-4-6-16(11-15)27-10-9-26(3)22(29)14(27)2/h13-20,25H,4-12H2,1-3H3,(H,24,28)/t13?,14?,15-,16-,17?,18?,19?,20?/m1/s1. The molecule has 0 aromatic heterocycles. The van der Waals surface area contributed by atoms with E-state index in [2.05, 4.69) is 22.5 Å². The number of alkyl halides is 1. The predicted octanol–water partition coefficient (Wildman–Crippen LogP) is 1.69. The number of carbonyl (C=O) groups is 2. The van der Waals surface area contributed by atoms with Crippen LogP contribution in [0.1, 0.15) is 58.8 Å². The maximum Gasteiger partial charge on any atom is 0.239 e. The van der Waals surface area contributed by atoms with Crippen molar-refractivity contribution in [3.63, 3.8) is 0 Å². The van der Waals surface area contributed by atoms with Crippen LogP contribution >= 0.6 is 0 Å². The summed E-state index contributed by atoms with van der Waals surface area (Å²) in [6.07, 6.45) is 5.39. The zero-order chi connectivity index (χ0) is 20.7. The van der Waals surface area contributed by atoms with Gasteiger partial charge in [0.25, 0.3) is 0 Å². The molecule has 6 nitrogen and oxygen atoms in total. The number of hydrogen-bond donors (Lipinski definition) is 2. The number of fused-ring (bicyclic) bond motifs is 1. The number of amides is 2. The largest absolute Gasteiger partial charge is 0.352 e. The first-order valence-electron chi connectivity index (χ1n) is 11.6. The molecule has 0 aromatic rings. The molecule has 0 spiro atoms. The molecule has 2 aliphatic carbocycles. The quantitative estimate of drug-likeness (QED) is 0.746. The molecule has 6 unspecified atom stereocenters. The Balaban J connectivity index is 1.33. The predicted molar refractivity (Wildman–Crippen MR) is 110 cm³/mol. The second-order valence-electron chi connectivity index (χ2n) is 9.91. The summed E-state index contributed by atoms with van der Waals surface area (Å²) < 4.78 is 14.4. The van der Waals surface area contributed by atoms with Gasteiger partial charge in [-0.05, 0) is 57.8 Å². The molecule has 2 amide bonds. The Bertz CT molecular complexity index is 614. The van der Waals surface area contributed by atoms with Crippen LogP contribution in [0.4, 0.5) is 4.39 Å². The number of hydrogen-bond acceptors (Lipinski definition) is 4. The van der Waals surface area contributed by atoms with Crippen molar-refractivity contribution in [3.8, 4) is 0 Å². The highest BCUT2D eigenvalue weighted by atomic mass is 19.1. The average Bonchev–Trinajstić information content (AvgIpc) is 3.16. The van der Waals surface area contributed by atoms with Gasteiger partial charge in [0.2, 0.25) is 11.8 Å². The highest BCUT2D eigenvalue weighted by Gasteiger charge is 2.46. The topological polar surface area (TPSA) is 64.7 Å². The minimum absolute atomic E-state index is 0.0224. The van der Waals surface area contributed by atoms with E-state index in [4.69, 9.17) is 0 Å². The molecule has 0 radical (unpaired) electrons. The van der Waals surface area contributed by atoms with Crippen LogP contribution in [0.3, 0.4) is 0 Å². The van der Waals surface area contributed by atoms with Gasteiger partial charge >= 0.3 is 0 Å². The normalized spacial score (nSPS) is 43.9. The third-order valence-electron chi connectivity index (χ3n) is 8.04. The van der Waals surface area contributed by atoms with Crippen molar-refractivity contribution < 1.29 is 14.0 Å². The Hall–Kier alpha value is -1.21. The molecule has 4 rings (SSSR count). The lowest BCUT2D eigenvalue weighted by atomic mass is 9.77. The highest BCUT2D eigenvalue weighted by Crippen LogP contribution is 2.38. The molecule has 2 heterocycles. The van der Waals surface area contributed by atoms with E-state index in [0.717, 1.165) is 45.2 Å². The summed E-state index contributed by atoms with van der Waals surface area (Å²) in [5, 5.41) is 6.70. The summed E-state index contributed by atoms with van der Waals surface area (Å²) >= 11 is 0. The van der Waals surface area contributed by atoms with Crippen LogP contribution in [0, 0.1) is 11.8 Å². The maximum absolute atomic E-state index is 14.4. The van der Waals surface area contributed by atoms with Gasteiger partial charge in [-0.15, -0.1) is 0 Å². The van der Waals surface area contributed by atoms with Gasteiger partial charge in [-0.2, -0.15) is 0 Å². The van der Waals surface area contributed by atoms with E-state index in [9.17, 15) is 14.0 Å². The van der Waals surface area contributed by atoms with Gasteiger partial charge in [0.1, 0.15) is 6.17 Å². The Morgan fingerprint density at radius 3 is 2.69 bits per heavy atom. The van der Waals surface area contributed by atoms with Gasteiger partial charge in [0.05, 0.1) is 12.1 Å². The number of rotatable bonds is 3. The Kier molecular flexibility index (Phi) is 6.17. The second-order valence-corrected chi connectivity index (χ2v) is 9.91. The van der Waals surface area contributed by atoms with E-state index in [1.165, 1.54) is 0 Å². The molecule has 0 aromatic carbocycles. The fourth-order valence-corrected chi connectivity index (χ4v) is 6.23. The van der Waals surface area contributed by atoms with Crippen molar-refractivity contribution >= 4 is 11.8 Å². The van der Waals surface area contributed by atoms with Crippen molar-refractivity contribution in [1.82, 2.24) is 20.4 Å². The lowest BCUT2D eigenvalue weighted by Gasteiger charge is -2.44. The molecule has 8 atom stereocenters. The van der Waals surface area contributed by atoms with Crippen molar-refractivity contribution in [2.45, 2.75) is 95.2 Å². The molecule has 2 saturated carbocycles. The summed E-state index contributed by atoms with van der Waals surface area (Å²) in [4.78, 5) is 29.5. The molecule has 29 heavy (non-hydrogen) atoms. The molecular weight excluding hydrogens is 371 g/mol. The third kappa shape index (κ3) is 4.18. The second kappa shape index (κ2) is 8.50. The van der Waals surface area contributed by atoms with Crippen LogP contribution in [0.25, 0.3) is 0 Å². The zero-order valence-corrected chi connectivity index (χ0v) is 18.1. The van der Waals surface area contributed by atoms with Crippen LogP contribution in [0.5, 0.6) is 0 Å². The van der Waals surface area contributed by atoms with E-state index in [1.54, 1.807) is 0 Å². The first kappa shape index (κ1) is 21.0. The molecule has 0 bridgehead atoms. The van der Waals surface area contributed by atoms with E-state index in [1.807, 2.05) is 18.9 Å². The molecule has 2 aliphatic heterocycles. The fraction of sp³-hybridized carbons (Fsp3) is 0.909. The molecule has 4 fully saturated rings. The number of nitrogens with one attached hydrogen (secondary N) is 2. The number of halogens is 1. The molecular formula is C22H37FN4O2. The molecule has 2 saturated heterocycles. The zero-order valence-electron chi connectivity index (χ0n) is 18.1. The maximum atomic E-state index is 14.4. The number of carbonyl (C=O) groups excluding carboxylic acids is 2. The highest BCUT2D eigenvalue weighted by molar-refractivity contribution is 5.83. The molecule has 4 aliphatic rings. The fourth-order valence-electron chi connectivity index (χ4n) is 6.23. The lowest BCUT2D eigenvalue weighted by molar-refractivity contribution is -0.141. The van der Waals surface area contributed by atoms with Crippen molar-refractivity contribution in [2.24, 2.45) is 11.8 Å². The van der Waals surface area contributed by atoms with Crippen LogP contribution in [0.15, 0.2) is 0 Å². The van der Waals surface area contributed by atoms with E-state index in [0.29, 0.717) is 24.8 Å². The van der Waals surface area contributed by atoms with Gasteiger partial charge in [-0.1, -0.05) is 6.92 Å². The van der Waals surface area contributed by atoms with Crippen LogP contribution in [-0.2, 0) is 9.59 Å². The van der Waals surface area contributed by atoms with E-state index >= 15 is 0 Å². The number of piperazine rings is 1. The minimum atomic E-state index is -0.781. The van der Waals surface area contributed by atoms with Gasteiger partial charge in [0, 0.05) is 44.2 Å². The van der Waals surface area contributed by atoms with Crippen molar-refractivity contribution in [2.75, 3.05) is 20.1 Å². The van der Waals surface area contributed by atoms with Crippen molar-refractivity contribution in [1.29, 1.82) is 0 Å².